The molecule has 130 valence electrons. The molecule has 9 heteroatoms. The van der Waals surface area contributed by atoms with Crippen LogP contribution >= 0.6 is 0 Å². The minimum Gasteiger partial charge on any atom is -0.339 e. The van der Waals surface area contributed by atoms with Gasteiger partial charge in [-0.25, -0.2) is 13.4 Å². The van der Waals surface area contributed by atoms with E-state index in [9.17, 15) is 8.42 Å². The van der Waals surface area contributed by atoms with Crippen LogP contribution in [0.4, 0.5) is 0 Å². The molecule has 0 unspecified atom stereocenters. The van der Waals surface area contributed by atoms with Crippen molar-refractivity contribution >= 4 is 10.0 Å². The zero-order chi connectivity index (χ0) is 17.3. The van der Waals surface area contributed by atoms with Crippen LogP contribution in [0.15, 0.2) is 29.9 Å². The van der Waals surface area contributed by atoms with Gasteiger partial charge < -0.3 is 9.47 Å². The third-order valence-corrected chi connectivity index (χ3v) is 5.77. The third kappa shape index (κ3) is 3.33. The highest BCUT2D eigenvalue weighted by Crippen LogP contribution is 2.35. The Labute approximate surface area is 142 Å². The van der Waals surface area contributed by atoms with E-state index in [-0.39, 0.29) is 11.1 Å². The molecule has 0 amide bonds. The minimum atomic E-state index is -3.63. The van der Waals surface area contributed by atoms with Crippen LogP contribution in [-0.2, 0) is 23.6 Å². The highest BCUT2D eigenvalue weighted by atomic mass is 32.2. The summed E-state index contributed by atoms with van der Waals surface area (Å²) in [5.41, 5.74) is 1.53. The maximum absolute atomic E-state index is 12.9. The molecule has 0 aliphatic carbocycles. The first-order chi connectivity index (χ1) is 11.4. The molecule has 24 heavy (non-hydrogen) atoms. The van der Waals surface area contributed by atoms with Crippen molar-refractivity contribution in [3.8, 4) is 0 Å². The van der Waals surface area contributed by atoms with Crippen molar-refractivity contribution in [2.75, 3.05) is 20.6 Å². The molecule has 2 aromatic rings. The van der Waals surface area contributed by atoms with Crippen molar-refractivity contribution < 1.29 is 8.42 Å². The molecule has 1 atom stereocenters. The van der Waals surface area contributed by atoms with E-state index in [1.165, 1.54) is 16.8 Å². The van der Waals surface area contributed by atoms with Crippen LogP contribution in [0.3, 0.4) is 0 Å². The van der Waals surface area contributed by atoms with E-state index in [0.717, 1.165) is 18.5 Å². The van der Waals surface area contributed by atoms with Gasteiger partial charge >= 0.3 is 0 Å². The number of sulfonamides is 1. The van der Waals surface area contributed by atoms with E-state index >= 15 is 0 Å². The molecule has 0 saturated carbocycles. The number of imidazole rings is 1. The summed E-state index contributed by atoms with van der Waals surface area (Å²) in [6, 6.07) is -0.286. The molecule has 2 aromatic heterocycles. The lowest BCUT2D eigenvalue weighted by atomic mass is 10.1. The van der Waals surface area contributed by atoms with Crippen molar-refractivity contribution in [3.63, 3.8) is 0 Å². The molecular weight excluding hydrogens is 328 g/mol. The number of hydrogen-bond donors (Lipinski definition) is 0. The van der Waals surface area contributed by atoms with Gasteiger partial charge in [0.05, 0.1) is 30.0 Å². The molecule has 1 saturated heterocycles. The van der Waals surface area contributed by atoms with Crippen molar-refractivity contribution in [2.45, 2.75) is 30.5 Å². The Hall–Kier alpha value is -1.84. The van der Waals surface area contributed by atoms with E-state index in [1.807, 2.05) is 19.0 Å². The lowest BCUT2D eigenvalue weighted by Crippen LogP contribution is -2.31. The fraction of sp³-hybridized carbons (Fsp3) is 0.533. The van der Waals surface area contributed by atoms with Crippen LogP contribution in [0, 0.1) is 0 Å². The topological polar surface area (TPSA) is 84.2 Å². The van der Waals surface area contributed by atoms with E-state index in [1.54, 1.807) is 24.0 Å². The zero-order valence-corrected chi connectivity index (χ0v) is 14.9. The van der Waals surface area contributed by atoms with E-state index in [4.69, 9.17) is 0 Å². The monoisotopic (exact) mass is 350 g/mol. The van der Waals surface area contributed by atoms with Crippen LogP contribution in [-0.4, -0.2) is 57.8 Å². The van der Waals surface area contributed by atoms with Crippen molar-refractivity contribution in [2.24, 2.45) is 7.05 Å². The maximum Gasteiger partial charge on any atom is 0.262 e. The Morgan fingerprint density at radius 2 is 2.12 bits per heavy atom. The smallest absolute Gasteiger partial charge is 0.262 e. The van der Waals surface area contributed by atoms with Gasteiger partial charge in [0, 0.05) is 32.5 Å². The number of hydrogen-bond acceptors (Lipinski definition) is 6. The molecule has 0 radical (unpaired) electrons. The van der Waals surface area contributed by atoms with Crippen molar-refractivity contribution in [3.05, 3.63) is 36.3 Å². The fourth-order valence-electron chi connectivity index (χ4n) is 2.95. The Morgan fingerprint density at radius 3 is 2.79 bits per heavy atom. The summed E-state index contributed by atoms with van der Waals surface area (Å²) in [7, 11) is 2.05. The Bertz CT molecular complexity index is 817. The van der Waals surface area contributed by atoms with Gasteiger partial charge in [-0.1, -0.05) is 0 Å². The first kappa shape index (κ1) is 17.0. The molecular formula is C15H22N6O2S. The van der Waals surface area contributed by atoms with Crippen molar-refractivity contribution in [1.29, 1.82) is 0 Å². The van der Waals surface area contributed by atoms with Gasteiger partial charge in [-0.2, -0.15) is 4.31 Å². The Kier molecular flexibility index (Phi) is 4.66. The average Bonchev–Trinajstić information content (AvgIpc) is 3.16. The largest absolute Gasteiger partial charge is 0.339 e. The molecule has 1 fully saturated rings. The summed E-state index contributed by atoms with van der Waals surface area (Å²) in [6.45, 7) is 1.14. The highest BCUT2D eigenvalue weighted by Gasteiger charge is 2.38. The van der Waals surface area contributed by atoms with E-state index in [0.29, 0.717) is 18.8 Å². The number of aryl methyl sites for hydroxylation is 1. The maximum atomic E-state index is 12.9. The standard InChI is InChI=1S/C15H22N6O2S/c1-19(2)9-12-7-16-8-13(18-12)14-5-4-6-21(14)24(22,23)15-10-20(3)11-17-15/h7-8,10-11,14H,4-6,9H2,1-3H3/t14-/m1/s1. The summed E-state index contributed by atoms with van der Waals surface area (Å²) in [5, 5.41) is 0.0781. The van der Waals surface area contributed by atoms with Gasteiger partial charge in [-0.15, -0.1) is 0 Å². The first-order valence-electron chi connectivity index (χ1n) is 7.83. The van der Waals surface area contributed by atoms with E-state index in [2.05, 4.69) is 15.0 Å². The van der Waals surface area contributed by atoms with E-state index < -0.39 is 10.0 Å². The Morgan fingerprint density at radius 1 is 1.33 bits per heavy atom. The third-order valence-electron chi connectivity index (χ3n) is 3.98. The second kappa shape index (κ2) is 6.58. The number of aromatic nitrogens is 4. The number of rotatable bonds is 5. The van der Waals surface area contributed by atoms with Gasteiger partial charge in [0.1, 0.15) is 0 Å². The first-order valence-corrected chi connectivity index (χ1v) is 9.27. The SMILES string of the molecule is CN(C)Cc1cncc([C@H]2CCCN2S(=O)(=O)c2cn(C)cn2)n1. The molecule has 0 aromatic carbocycles. The van der Waals surface area contributed by atoms with Gasteiger partial charge in [-0.05, 0) is 26.9 Å². The van der Waals surface area contributed by atoms with Gasteiger partial charge in [0.2, 0.25) is 0 Å². The molecule has 8 nitrogen and oxygen atoms in total. The van der Waals surface area contributed by atoms with Crippen LogP contribution in [0.5, 0.6) is 0 Å². The molecule has 3 heterocycles. The van der Waals surface area contributed by atoms with Gasteiger partial charge in [0.15, 0.2) is 5.03 Å². The lowest BCUT2D eigenvalue weighted by molar-refractivity contribution is 0.377. The molecule has 3 rings (SSSR count). The summed E-state index contributed by atoms with van der Waals surface area (Å²) < 4.78 is 28.9. The summed E-state index contributed by atoms with van der Waals surface area (Å²) in [6.07, 6.45) is 7.95. The molecule has 1 aliphatic rings. The van der Waals surface area contributed by atoms with Crippen LogP contribution in [0.1, 0.15) is 30.3 Å². The van der Waals surface area contributed by atoms with Gasteiger partial charge in [0.25, 0.3) is 10.0 Å². The molecule has 0 N–H and O–H groups in total. The van der Waals surface area contributed by atoms with Gasteiger partial charge in [-0.3, -0.25) is 9.97 Å². The number of nitrogens with zero attached hydrogens (tertiary/aromatic N) is 6. The normalized spacial score (nSPS) is 19.2. The lowest BCUT2D eigenvalue weighted by Gasteiger charge is -2.23. The molecule has 0 spiro atoms. The summed E-state index contributed by atoms with van der Waals surface area (Å²) in [4.78, 5) is 14.9. The second-order valence-electron chi connectivity index (χ2n) is 6.32. The fourth-order valence-corrected chi connectivity index (χ4v) is 4.59. The minimum absolute atomic E-state index is 0.0781. The molecule has 0 bridgehead atoms. The van der Waals surface area contributed by atoms with Crippen LogP contribution in [0.25, 0.3) is 0 Å². The predicted molar refractivity (Wildman–Crippen MR) is 88.5 cm³/mol. The summed E-state index contributed by atoms with van der Waals surface area (Å²) in [5.74, 6) is 0. The quantitative estimate of drug-likeness (QED) is 0.793. The van der Waals surface area contributed by atoms with Crippen LogP contribution in [0.2, 0.25) is 0 Å². The van der Waals surface area contributed by atoms with Crippen molar-refractivity contribution in [1.82, 2.24) is 28.7 Å². The zero-order valence-electron chi connectivity index (χ0n) is 14.1. The second-order valence-corrected chi connectivity index (χ2v) is 8.16. The van der Waals surface area contributed by atoms with Crippen LogP contribution < -0.4 is 0 Å². The predicted octanol–water partition coefficient (Wildman–Crippen LogP) is 0.797. The highest BCUT2D eigenvalue weighted by molar-refractivity contribution is 7.89. The molecule has 1 aliphatic heterocycles. The Balaban J connectivity index is 1.91. The summed E-state index contributed by atoms with van der Waals surface area (Å²) >= 11 is 0. The average molecular weight is 350 g/mol.